The number of likely N-dealkylation sites (N-methyl/N-ethyl adjacent to an activating group) is 2. The van der Waals surface area contributed by atoms with Gasteiger partial charge in [0.15, 0.2) is 0 Å². The van der Waals surface area contributed by atoms with Crippen molar-refractivity contribution in [3.05, 3.63) is 53.1 Å². The number of aromatic nitrogens is 1. The lowest BCUT2D eigenvalue weighted by Crippen LogP contribution is -2.45. The monoisotopic (exact) mass is 561 g/mol. The average Bonchev–Trinajstić information content (AvgIpc) is 3.21. The Morgan fingerprint density at radius 3 is 2.61 bits per heavy atom. The summed E-state index contributed by atoms with van der Waals surface area (Å²) in [6, 6.07) is 11.7. The van der Waals surface area contributed by atoms with Crippen molar-refractivity contribution in [3.63, 3.8) is 0 Å². The Morgan fingerprint density at radius 2 is 1.90 bits per heavy atom. The van der Waals surface area contributed by atoms with E-state index in [0.29, 0.717) is 38.6 Å². The summed E-state index contributed by atoms with van der Waals surface area (Å²) in [4.78, 5) is 28.0. The standard InChI is InChI=1S/C33H43N3O5/c1-33(32(39)35(3)15-17-41-16-14-34-2)20-24-18-25(40-4)11-13-26(24)30-29(22-8-6-5-7-9-22)27-12-10-23(31(37)38)19-28(27)36(30)21-33/h10-13,18-19,22,34H,5-9,14-17,20-21H2,1-4H3,(H,37,38)/t33-/m0/s1. The summed E-state index contributed by atoms with van der Waals surface area (Å²) in [5.74, 6) is 0.261. The van der Waals surface area contributed by atoms with Gasteiger partial charge in [-0.15, -0.1) is 0 Å². The van der Waals surface area contributed by atoms with Crippen LogP contribution in [-0.4, -0.2) is 74.0 Å². The number of carbonyl (C=O) groups is 2. The van der Waals surface area contributed by atoms with Crippen LogP contribution in [0.5, 0.6) is 5.75 Å². The van der Waals surface area contributed by atoms with E-state index in [1.807, 2.05) is 33.2 Å². The summed E-state index contributed by atoms with van der Waals surface area (Å²) in [5.41, 5.74) is 5.00. The van der Waals surface area contributed by atoms with Crippen molar-refractivity contribution in [1.82, 2.24) is 14.8 Å². The molecule has 0 unspecified atom stereocenters. The molecule has 0 bridgehead atoms. The summed E-state index contributed by atoms with van der Waals surface area (Å²) < 4.78 is 13.6. The van der Waals surface area contributed by atoms with Crippen LogP contribution in [0.4, 0.5) is 0 Å². The van der Waals surface area contributed by atoms with E-state index in [-0.39, 0.29) is 11.5 Å². The molecule has 0 spiro atoms. The molecule has 1 saturated carbocycles. The van der Waals surface area contributed by atoms with Crippen LogP contribution in [0, 0.1) is 5.41 Å². The van der Waals surface area contributed by atoms with E-state index in [9.17, 15) is 14.7 Å². The third kappa shape index (κ3) is 5.72. The zero-order chi connectivity index (χ0) is 29.1. The third-order valence-electron chi connectivity index (χ3n) is 8.95. The minimum atomic E-state index is -0.947. The smallest absolute Gasteiger partial charge is 0.335 e. The molecule has 3 aromatic rings. The highest BCUT2D eigenvalue weighted by Crippen LogP contribution is 2.49. The molecule has 220 valence electrons. The Balaban J connectivity index is 1.66. The lowest BCUT2D eigenvalue weighted by molar-refractivity contribution is -0.141. The fourth-order valence-electron chi connectivity index (χ4n) is 6.85. The van der Waals surface area contributed by atoms with Crippen LogP contribution in [0.3, 0.4) is 0 Å². The summed E-state index contributed by atoms with van der Waals surface area (Å²) in [6.45, 7) is 4.82. The zero-order valence-electron chi connectivity index (χ0n) is 24.8. The number of benzene rings is 2. The highest BCUT2D eigenvalue weighted by atomic mass is 16.5. The molecule has 0 radical (unpaired) electrons. The van der Waals surface area contributed by atoms with Gasteiger partial charge in [0.25, 0.3) is 0 Å². The number of fused-ring (bicyclic) bond motifs is 5. The number of rotatable bonds is 10. The molecule has 2 heterocycles. The van der Waals surface area contributed by atoms with Crippen molar-refractivity contribution in [3.8, 4) is 17.0 Å². The number of ether oxygens (including phenoxy) is 2. The van der Waals surface area contributed by atoms with Crippen LogP contribution in [0.2, 0.25) is 0 Å². The van der Waals surface area contributed by atoms with E-state index in [1.54, 1.807) is 24.1 Å². The first-order valence-electron chi connectivity index (χ1n) is 14.8. The summed E-state index contributed by atoms with van der Waals surface area (Å²) in [7, 11) is 5.40. The van der Waals surface area contributed by atoms with Crippen LogP contribution in [0.15, 0.2) is 36.4 Å². The van der Waals surface area contributed by atoms with Gasteiger partial charge in [-0.3, -0.25) is 4.79 Å². The predicted octanol–water partition coefficient (Wildman–Crippen LogP) is 5.32. The molecule has 41 heavy (non-hydrogen) atoms. The Bertz CT molecular complexity index is 1420. The fraction of sp³-hybridized carbons (Fsp3) is 0.515. The Labute approximate surface area is 242 Å². The highest BCUT2D eigenvalue weighted by Gasteiger charge is 2.41. The molecule has 5 rings (SSSR count). The maximum Gasteiger partial charge on any atom is 0.335 e. The Hall–Kier alpha value is -3.36. The van der Waals surface area contributed by atoms with Crippen LogP contribution in [0.25, 0.3) is 22.2 Å². The van der Waals surface area contributed by atoms with Crippen LogP contribution in [0.1, 0.15) is 66.4 Å². The van der Waals surface area contributed by atoms with Gasteiger partial charge in [-0.2, -0.15) is 0 Å². The molecule has 2 aliphatic rings. The fourth-order valence-corrected chi connectivity index (χ4v) is 6.85. The molecule has 0 saturated heterocycles. The van der Waals surface area contributed by atoms with Gasteiger partial charge < -0.3 is 29.4 Å². The van der Waals surface area contributed by atoms with E-state index in [0.717, 1.165) is 52.9 Å². The number of methoxy groups -OCH3 is 1. The second-order valence-corrected chi connectivity index (χ2v) is 11.9. The number of carboxylic acids is 1. The minimum absolute atomic E-state index is 0.0480. The molecule has 1 amide bonds. The van der Waals surface area contributed by atoms with Gasteiger partial charge in [-0.25, -0.2) is 4.79 Å². The van der Waals surface area contributed by atoms with Gasteiger partial charge in [-0.05, 0) is 80.6 Å². The summed E-state index contributed by atoms with van der Waals surface area (Å²) in [6.07, 6.45) is 6.41. The van der Waals surface area contributed by atoms with Crippen molar-refractivity contribution in [1.29, 1.82) is 0 Å². The van der Waals surface area contributed by atoms with Crippen molar-refractivity contribution in [2.24, 2.45) is 5.41 Å². The first-order valence-corrected chi connectivity index (χ1v) is 14.8. The quantitative estimate of drug-likeness (QED) is 0.326. The lowest BCUT2D eigenvalue weighted by Gasteiger charge is -2.33. The highest BCUT2D eigenvalue weighted by molar-refractivity contribution is 5.99. The average molecular weight is 562 g/mol. The number of nitrogens with zero attached hydrogens (tertiary/aromatic N) is 2. The molecule has 8 nitrogen and oxygen atoms in total. The van der Waals surface area contributed by atoms with E-state index in [1.165, 1.54) is 24.8 Å². The first-order chi connectivity index (χ1) is 19.8. The topological polar surface area (TPSA) is 93.0 Å². The van der Waals surface area contributed by atoms with Crippen molar-refractivity contribution >= 4 is 22.8 Å². The minimum Gasteiger partial charge on any atom is -0.497 e. The summed E-state index contributed by atoms with van der Waals surface area (Å²) in [5, 5.41) is 14.0. The van der Waals surface area contributed by atoms with Gasteiger partial charge in [0, 0.05) is 43.1 Å². The molecule has 1 aliphatic heterocycles. The van der Waals surface area contributed by atoms with Crippen molar-refractivity contribution < 1.29 is 24.2 Å². The first kappa shape index (κ1) is 29.1. The van der Waals surface area contributed by atoms with Crippen LogP contribution >= 0.6 is 0 Å². The van der Waals surface area contributed by atoms with Gasteiger partial charge in [-0.1, -0.05) is 25.3 Å². The zero-order valence-corrected chi connectivity index (χ0v) is 24.8. The number of hydrogen-bond donors (Lipinski definition) is 2. The maximum atomic E-state index is 14.2. The second kappa shape index (κ2) is 12.2. The molecule has 8 heteroatoms. The maximum absolute atomic E-state index is 14.2. The molecule has 1 aliphatic carbocycles. The largest absolute Gasteiger partial charge is 0.497 e. The SMILES string of the molecule is CNCCOCCN(C)C(=O)[C@@]1(C)Cc2cc(OC)ccc2-c2c(C3CCCCC3)c3ccc(C(=O)O)cc3n2C1. The van der Waals surface area contributed by atoms with Crippen LogP contribution in [-0.2, 0) is 22.5 Å². The van der Waals surface area contributed by atoms with E-state index < -0.39 is 11.4 Å². The molecule has 1 fully saturated rings. The van der Waals surface area contributed by atoms with E-state index >= 15 is 0 Å². The number of nitrogens with one attached hydrogen (secondary N) is 1. The van der Waals surface area contributed by atoms with Crippen LogP contribution < -0.4 is 10.1 Å². The second-order valence-electron chi connectivity index (χ2n) is 11.9. The number of aromatic carboxylic acids is 1. The predicted molar refractivity (Wildman–Crippen MR) is 161 cm³/mol. The molecular formula is C33H43N3O5. The molecule has 1 atom stereocenters. The molecule has 2 aromatic carbocycles. The van der Waals surface area contributed by atoms with Gasteiger partial charge in [0.2, 0.25) is 5.91 Å². The molecular weight excluding hydrogens is 518 g/mol. The number of amides is 1. The Morgan fingerprint density at radius 1 is 1.12 bits per heavy atom. The number of hydrogen-bond acceptors (Lipinski definition) is 5. The van der Waals surface area contributed by atoms with Crippen molar-refractivity contribution in [2.45, 2.75) is 57.9 Å². The normalized spacial score (nSPS) is 18.9. The van der Waals surface area contributed by atoms with Gasteiger partial charge in [0.05, 0.1) is 37.0 Å². The lowest BCUT2D eigenvalue weighted by atomic mass is 9.79. The van der Waals surface area contributed by atoms with Crippen molar-refractivity contribution in [2.75, 3.05) is 47.5 Å². The van der Waals surface area contributed by atoms with E-state index in [4.69, 9.17) is 9.47 Å². The Kier molecular flexibility index (Phi) is 8.71. The van der Waals surface area contributed by atoms with Gasteiger partial charge in [0.1, 0.15) is 5.75 Å². The van der Waals surface area contributed by atoms with Gasteiger partial charge >= 0.3 is 5.97 Å². The summed E-state index contributed by atoms with van der Waals surface area (Å²) >= 11 is 0. The van der Waals surface area contributed by atoms with E-state index in [2.05, 4.69) is 22.0 Å². The molecule has 2 N–H and O–H groups in total. The number of carboxylic acid groups (broad SMARTS) is 1. The molecule has 1 aromatic heterocycles. The third-order valence-corrected chi connectivity index (χ3v) is 8.95. The number of carbonyl (C=O) groups excluding carboxylic acids is 1.